The maximum absolute atomic E-state index is 6.17. The lowest BCUT2D eigenvalue weighted by Gasteiger charge is -2.24. The van der Waals surface area contributed by atoms with Crippen molar-refractivity contribution in [2.45, 2.75) is 38.5 Å². The largest absolute Gasteiger partial charge is 0.339 e. The highest BCUT2D eigenvalue weighted by Crippen LogP contribution is 2.30. The zero-order valence-electron chi connectivity index (χ0n) is 12.2. The molecule has 0 saturated carbocycles. The van der Waals surface area contributed by atoms with Crippen LogP contribution in [0.1, 0.15) is 44.0 Å². The molecule has 0 aliphatic carbocycles. The van der Waals surface area contributed by atoms with Crippen molar-refractivity contribution in [2.24, 2.45) is 5.73 Å². The maximum atomic E-state index is 6.17. The molecule has 0 aliphatic rings. The molecule has 1 aromatic carbocycles. The summed E-state index contributed by atoms with van der Waals surface area (Å²) in [6.45, 7) is 4.63. The van der Waals surface area contributed by atoms with Crippen LogP contribution in [-0.2, 0) is 11.8 Å². The molecule has 4 nitrogen and oxygen atoms in total. The van der Waals surface area contributed by atoms with E-state index in [0.717, 1.165) is 18.4 Å². The van der Waals surface area contributed by atoms with Crippen LogP contribution in [0, 0.1) is 0 Å². The van der Waals surface area contributed by atoms with Crippen LogP contribution in [0.3, 0.4) is 0 Å². The minimum atomic E-state index is -0.254. The fourth-order valence-corrected chi connectivity index (χ4v) is 2.86. The van der Waals surface area contributed by atoms with E-state index in [1.54, 1.807) is 12.1 Å². The third-order valence-corrected chi connectivity index (χ3v) is 4.77. The van der Waals surface area contributed by atoms with Crippen LogP contribution in [0.2, 0.25) is 10.0 Å². The lowest BCUT2D eigenvalue weighted by Crippen LogP contribution is -2.34. The first kappa shape index (κ1) is 16.3. The predicted octanol–water partition coefficient (Wildman–Crippen LogP) is 3.98. The van der Waals surface area contributed by atoms with Gasteiger partial charge < -0.3 is 10.3 Å². The summed E-state index contributed by atoms with van der Waals surface area (Å²) in [5, 5.41) is 5.25. The van der Waals surface area contributed by atoms with Gasteiger partial charge >= 0.3 is 0 Å². The SMILES string of the molecule is CCC(CC)(CN)c1nc(Cc2c(Cl)cccc2Cl)no1. The zero-order valence-corrected chi connectivity index (χ0v) is 13.7. The van der Waals surface area contributed by atoms with Crippen LogP contribution in [0.5, 0.6) is 0 Å². The van der Waals surface area contributed by atoms with Gasteiger partial charge in [-0.3, -0.25) is 0 Å². The molecule has 0 bridgehead atoms. The molecule has 6 heteroatoms. The summed E-state index contributed by atoms with van der Waals surface area (Å²) in [6.07, 6.45) is 2.15. The molecule has 0 amide bonds. The minimum Gasteiger partial charge on any atom is -0.339 e. The second kappa shape index (κ2) is 6.77. The summed E-state index contributed by atoms with van der Waals surface area (Å²) in [5.74, 6) is 1.16. The summed E-state index contributed by atoms with van der Waals surface area (Å²) in [5.41, 5.74) is 6.45. The van der Waals surface area contributed by atoms with Crippen LogP contribution in [0.4, 0.5) is 0 Å². The average molecular weight is 328 g/mol. The molecule has 21 heavy (non-hydrogen) atoms. The molecule has 0 unspecified atom stereocenters. The van der Waals surface area contributed by atoms with E-state index in [0.29, 0.717) is 34.7 Å². The van der Waals surface area contributed by atoms with E-state index in [2.05, 4.69) is 24.0 Å². The van der Waals surface area contributed by atoms with E-state index >= 15 is 0 Å². The molecule has 0 saturated heterocycles. The molecule has 2 rings (SSSR count). The molecule has 0 radical (unpaired) electrons. The van der Waals surface area contributed by atoms with Crippen molar-refractivity contribution in [3.05, 3.63) is 45.5 Å². The van der Waals surface area contributed by atoms with Gasteiger partial charge in [0.05, 0.1) is 5.41 Å². The predicted molar refractivity (Wildman–Crippen MR) is 84.9 cm³/mol. The summed E-state index contributed by atoms with van der Waals surface area (Å²) in [6, 6.07) is 5.40. The zero-order chi connectivity index (χ0) is 15.5. The van der Waals surface area contributed by atoms with Crippen molar-refractivity contribution in [3.63, 3.8) is 0 Å². The molecule has 0 atom stereocenters. The molecule has 114 valence electrons. The number of halogens is 2. The quantitative estimate of drug-likeness (QED) is 0.871. The second-order valence-electron chi connectivity index (χ2n) is 5.08. The van der Waals surface area contributed by atoms with Gasteiger partial charge in [-0.2, -0.15) is 4.98 Å². The lowest BCUT2D eigenvalue weighted by molar-refractivity contribution is 0.266. The van der Waals surface area contributed by atoms with Gasteiger partial charge in [-0.1, -0.05) is 48.3 Å². The Kier molecular flexibility index (Phi) is 5.25. The first-order chi connectivity index (χ1) is 10.1. The summed E-state index contributed by atoms with van der Waals surface area (Å²) < 4.78 is 5.43. The number of nitrogens with two attached hydrogens (primary N) is 1. The molecular weight excluding hydrogens is 309 g/mol. The van der Waals surface area contributed by atoms with Crippen molar-refractivity contribution in [2.75, 3.05) is 6.54 Å². The van der Waals surface area contributed by atoms with E-state index in [4.69, 9.17) is 33.5 Å². The first-order valence-electron chi connectivity index (χ1n) is 7.02. The van der Waals surface area contributed by atoms with E-state index in [-0.39, 0.29) is 5.41 Å². The van der Waals surface area contributed by atoms with Gasteiger partial charge in [0.2, 0.25) is 5.89 Å². The number of aromatic nitrogens is 2. The fraction of sp³-hybridized carbons (Fsp3) is 0.467. The maximum Gasteiger partial charge on any atom is 0.234 e. The van der Waals surface area contributed by atoms with Crippen LogP contribution in [0.25, 0.3) is 0 Å². The first-order valence-corrected chi connectivity index (χ1v) is 7.78. The molecule has 0 spiro atoms. The smallest absolute Gasteiger partial charge is 0.234 e. The average Bonchev–Trinajstić information content (AvgIpc) is 2.95. The normalized spacial score (nSPS) is 11.9. The Morgan fingerprint density at radius 2 is 1.81 bits per heavy atom. The Bertz CT molecular complexity index is 580. The number of rotatable bonds is 6. The molecule has 2 aromatic rings. The lowest BCUT2D eigenvalue weighted by atomic mass is 9.82. The second-order valence-corrected chi connectivity index (χ2v) is 5.90. The third-order valence-electron chi connectivity index (χ3n) is 4.06. The summed E-state index contributed by atoms with van der Waals surface area (Å²) >= 11 is 12.3. The van der Waals surface area contributed by atoms with Crippen LogP contribution < -0.4 is 5.73 Å². The molecular formula is C15H19Cl2N3O. The number of nitrogens with zero attached hydrogens (tertiary/aromatic N) is 2. The van der Waals surface area contributed by atoms with Crippen LogP contribution in [0.15, 0.2) is 22.7 Å². The van der Waals surface area contributed by atoms with Gasteiger partial charge in [0.1, 0.15) is 0 Å². The van der Waals surface area contributed by atoms with Gasteiger partial charge in [0.15, 0.2) is 5.82 Å². The number of hydrogen-bond acceptors (Lipinski definition) is 4. The Balaban J connectivity index is 2.29. The fourth-order valence-electron chi connectivity index (χ4n) is 2.33. The highest BCUT2D eigenvalue weighted by Gasteiger charge is 2.33. The van der Waals surface area contributed by atoms with Crippen molar-refractivity contribution in [1.82, 2.24) is 10.1 Å². The molecule has 1 heterocycles. The van der Waals surface area contributed by atoms with Gasteiger partial charge in [-0.15, -0.1) is 0 Å². The molecule has 2 N–H and O–H groups in total. The Hall–Kier alpha value is -1.10. The van der Waals surface area contributed by atoms with Crippen molar-refractivity contribution >= 4 is 23.2 Å². The van der Waals surface area contributed by atoms with E-state index < -0.39 is 0 Å². The highest BCUT2D eigenvalue weighted by molar-refractivity contribution is 6.36. The van der Waals surface area contributed by atoms with Gasteiger partial charge in [0.25, 0.3) is 0 Å². The van der Waals surface area contributed by atoms with Gasteiger partial charge in [-0.05, 0) is 30.5 Å². The van der Waals surface area contributed by atoms with Crippen molar-refractivity contribution in [1.29, 1.82) is 0 Å². The standard InChI is InChI=1S/C15H19Cl2N3O/c1-3-15(4-2,9-18)14-19-13(20-21-14)8-10-11(16)6-5-7-12(10)17/h5-7H,3-4,8-9,18H2,1-2H3. The van der Waals surface area contributed by atoms with E-state index in [9.17, 15) is 0 Å². The number of hydrogen-bond donors (Lipinski definition) is 1. The monoisotopic (exact) mass is 327 g/mol. The highest BCUT2D eigenvalue weighted by atomic mass is 35.5. The van der Waals surface area contributed by atoms with Crippen molar-refractivity contribution < 1.29 is 4.52 Å². The molecule has 1 aromatic heterocycles. The van der Waals surface area contributed by atoms with E-state index in [1.807, 2.05) is 6.07 Å². The topological polar surface area (TPSA) is 64.9 Å². The molecule has 0 aliphatic heterocycles. The van der Waals surface area contributed by atoms with Gasteiger partial charge in [-0.25, -0.2) is 0 Å². The third kappa shape index (κ3) is 3.23. The minimum absolute atomic E-state index is 0.254. The summed E-state index contributed by atoms with van der Waals surface area (Å²) in [7, 11) is 0. The van der Waals surface area contributed by atoms with Gasteiger partial charge in [0, 0.05) is 23.0 Å². The Labute approximate surface area is 134 Å². The van der Waals surface area contributed by atoms with Crippen LogP contribution >= 0.6 is 23.2 Å². The number of benzene rings is 1. The van der Waals surface area contributed by atoms with Crippen LogP contribution in [-0.4, -0.2) is 16.7 Å². The Morgan fingerprint density at radius 3 is 2.33 bits per heavy atom. The van der Waals surface area contributed by atoms with E-state index in [1.165, 1.54) is 0 Å². The molecule has 0 fully saturated rings. The Morgan fingerprint density at radius 1 is 1.19 bits per heavy atom. The summed E-state index contributed by atoms with van der Waals surface area (Å²) in [4.78, 5) is 4.50. The van der Waals surface area contributed by atoms with Crippen molar-refractivity contribution in [3.8, 4) is 0 Å².